The first-order valence-electron chi connectivity index (χ1n) is 7.22. The van der Waals surface area contributed by atoms with Gasteiger partial charge in [0.1, 0.15) is 0 Å². The summed E-state index contributed by atoms with van der Waals surface area (Å²) in [5, 5.41) is 3.29. The molecule has 0 rings (SSSR count). The van der Waals surface area contributed by atoms with Gasteiger partial charge in [-0.3, -0.25) is 0 Å². The standard InChI is InChI=1S/C14H29F3N2/c1-12(2)19(4)11-6-5-10-18-13(3)8-7-9-14(15,16)17/h12-13,18H,5-11H2,1-4H3. The minimum atomic E-state index is -4.01. The number of nitrogens with one attached hydrogen (secondary N) is 1. The molecule has 1 atom stereocenters. The summed E-state index contributed by atoms with van der Waals surface area (Å²) in [7, 11) is 2.11. The highest BCUT2D eigenvalue weighted by atomic mass is 19.4. The summed E-state index contributed by atoms with van der Waals surface area (Å²) < 4.78 is 35.9. The quantitative estimate of drug-likeness (QED) is 0.613. The van der Waals surface area contributed by atoms with Crippen molar-refractivity contribution in [3.63, 3.8) is 0 Å². The van der Waals surface area contributed by atoms with E-state index in [1.54, 1.807) is 0 Å². The van der Waals surface area contributed by atoms with Crippen molar-refractivity contribution in [2.75, 3.05) is 20.1 Å². The van der Waals surface area contributed by atoms with Crippen molar-refractivity contribution in [2.24, 2.45) is 0 Å². The SMILES string of the molecule is CC(CCCC(F)(F)F)NCCCCN(C)C(C)C. The molecule has 0 aromatic rings. The molecule has 0 spiro atoms. The van der Waals surface area contributed by atoms with Crippen LogP contribution >= 0.6 is 0 Å². The molecule has 0 radical (unpaired) electrons. The Hall–Kier alpha value is -0.290. The molecule has 0 bridgehead atoms. The van der Waals surface area contributed by atoms with E-state index in [1.807, 2.05) is 6.92 Å². The monoisotopic (exact) mass is 282 g/mol. The minimum Gasteiger partial charge on any atom is -0.314 e. The van der Waals surface area contributed by atoms with Crippen LogP contribution in [0.15, 0.2) is 0 Å². The Morgan fingerprint density at radius 2 is 1.68 bits per heavy atom. The van der Waals surface area contributed by atoms with Crippen LogP contribution < -0.4 is 5.32 Å². The first-order chi connectivity index (χ1) is 8.72. The van der Waals surface area contributed by atoms with E-state index in [-0.39, 0.29) is 12.5 Å². The molecule has 116 valence electrons. The van der Waals surface area contributed by atoms with Gasteiger partial charge in [-0.15, -0.1) is 0 Å². The van der Waals surface area contributed by atoms with Crippen molar-refractivity contribution < 1.29 is 13.2 Å². The van der Waals surface area contributed by atoms with E-state index >= 15 is 0 Å². The minimum absolute atomic E-state index is 0.171. The van der Waals surface area contributed by atoms with E-state index in [0.29, 0.717) is 12.5 Å². The molecular weight excluding hydrogens is 253 g/mol. The van der Waals surface area contributed by atoms with E-state index in [2.05, 4.69) is 31.1 Å². The molecule has 0 saturated heterocycles. The average Bonchev–Trinajstić information content (AvgIpc) is 2.26. The highest BCUT2D eigenvalue weighted by Gasteiger charge is 2.26. The zero-order valence-electron chi connectivity index (χ0n) is 12.7. The maximum Gasteiger partial charge on any atom is 0.389 e. The Balaban J connectivity index is 3.41. The lowest BCUT2D eigenvalue weighted by atomic mass is 10.1. The Morgan fingerprint density at radius 1 is 1.05 bits per heavy atom. The number of unbranched alkanes of at least 4 members (excludes halogenated alkanes) is 1. The smallest absolute Gasteiger partial charge is 0.314 e. The fourth-order valence-electron chi connectivity index (χ4n) is 1.80. The normalized spacial score (nSPS) is 14.4. The van der Waals surface area contributed by atoms with Gasteiger partial charge in [0.05, 0.1) is 0 Å². The largest absolute Gasteiger partial charge is 0.389 e. The van der Waals surface area contributed by atoms with E-state index in [4.69, 9.17) is 0 Å². The maximum atomic E-state index is 12.0. The summed E-state index contributed by atoms with van der Waals surface area (Å²) in [4.78, 5) is 2.30. The third-order valence-electron chi connectivity index (χ3n) is 3.41. The Kier molecular flexibility index (Phi) is 9.44. The van der Waals surface area contributed by atoms with Crippen LogP contribution in [0.3, 0.4) is 0 Å². The average molecular weight is 282 g/mol. The van der Waals surface area contributed by atoms with Crippen molar-refractivity contribution in [1.29, 1.82) is 0 Å². The van der Waals surface area contributed by atoms with Gasteiger partial charge in [-0.25, -0.2) is 0 Å². The molecule has 2 nitrogen and oxygen atoms in total. The van der Waals surface area contributed by atoms with Gasteiger partial charge in [0, 0.05) is 18.5 Å². The van der Waals surface area contributed by atoms with Gasteiger partial charge in [0.15, 0.2) is 0 Å². The number of alkyl halides is 3. The van der Waals surface area contributed by atoms with Gasteiger partial charge < -0.3 is 10.2 Å². The number of hydrogen-bond donors (Lipinski definition) is 1. The fraction of sp³-hybridized carbons (Fsp3) is 1.00. The maximum absolute atomic E-state index is 12.0. The van der Waals surface area contributed by atoms with Gasteiger partial charge in [0.25, 0.3) is 0 Å². The van der Waals surface area contributed by atoms with Gasteiger partial charge in [-0.2, -0.15) is 13.2 Å². The molecule has 0 aliphatic heterocycles. The second-order valence-corrected chi connectivity index (χ2v) is 5.64. The van der Waals surface area contributed by atoms with Crippen LogP contribution in [0, 0.1) is 0 Å². The fourth-order valence-corrected chi connectivity index (χ4v) is 1.80. The van der Waals surface area contributed by atoms with Crippen molar-refractivity contribution in [3.8, 4) is 0 Å². The molecule has 0 fully saturated rings. The van der Waals surface area contributed by atoms with E-state index in [9.17, 15) is 13.2 Å². The Morgan fingerprint density at radius 3 is 2.21 bits per heavy atom. The molecular formula is C14H29F3N2. The summed E-state index contributed by atoms with van der Waals surface area (Å²) in [5.74, 6) is 0. The zero-order chi connectivity index (χ0) is 14.9. The van der Waals surface area contributed by atoms with Crippen LogP contribution in [0.4, 0.5) is 13.2 Å². The van der Waals surface area contributed by atoms with Crippen LogP contribution in [0.2, 0.25) is 0 Å². The number of rotatable bonds is 10. The van der Waals surface area contributed by atoms with Crippen LogP contribution in [0.5, 0.6) is 0 Å². The lowest BCUT2D eigenvalue weighted by molar-refractivity contribution is -0.135. The first kappa shape index (κ1) is 18.7. The molecule has 0 heterocycles. The molecule has 19 heavy (non-hydrogen) atoms. The molecule has 0 amide bonds. The third kappa shape index (κ3) is 12.5. The van der Waals surface area contributed by atoms with Crippen molar-refractivity contribution in [3.05, 3.63) is 0 Å². The molecule has 0 saturated carbocycles. The van der Waals surface area contributed by atoms with E-state index < -0.39 is 12.6 Å². The van der Waals surface area contributed by atoms with Gasteiger partial charge in [-0.1, -0.05) is 0 Å². The van der Waals surface area contributed by atoms with Crippen molar-refractivity contribution >= 4 is 0 Å². The van der Waals surface area contributed by atoms with Crippen LogP contribution in [0.1, 0.15) is 52.9 Å². The molecule has 0 aliphatic carbocycles. The zero-order valence-corrected chi connectivity index (χ0v) is 12.7. The van der Waals surface area contributed by atoms with Crippen LogP contribution in [-0.4, -0.2) is 43.3 Å². The summed E-state index contributed by atoms with van der Waals surface area (Å²) in [6, 6.07) is 0.736. The molecule has 5 heteroatoms. The second-order valence-electron chi connectivity index (χ2n) is 5.64. The van der Waals surface area contributed by atoms with Crippen molar-refractivity contribution in [2.45, 2.75) is 71.1 Å². The highest BCUT2D eigenvalue weighted by Crippen LogP contribution is 2.22. The van der Waals surface area contributed by atoms with E-state index in [0.717, 1.165) is 25.9 Å². The number of hydrogen-bond acceptors (Lipinski definition) is 2. The molecule has 1 N–H and O–H groups in total. The Bertz CT molecular complexity index is 217. The summed E-state index contributed by atoms with van der Waals surface area (Å²) >= 11 is 0. The van der Waals surface area contributed by atoms with E-state index in [1.165, 1.54) is 0 Å². The first-order valence-corrected chi connectivity index (χ1v) is 7.22. The van der Waals surface area contributed by atoms with Gasteiger partial charge >= 0.3 is 6.18 Å². The number of halogens is 3. The predicted molar refractivity (Wildman–Crippen MR) is 74.4 cm³/mol. The Labute approximate surface area is 115 Å². The molecule has 0 aromatic heterocycles. The van der Waals surface area contributed by atoms with Crippen LogP contribution in [-0.2, 0) is 0 Å². The number of nitrogens with zero attached hydrogens (tertiary/aromatic N) is 1. The predicted octanol–water partition coefficient (Wildman–Crippen LogP) is 3.82. The highest BCUT2D eigenvalue weighted by molar-refractivity contribution is 4.63. The lowest BCUT2D eigenvalue weighted by Crippen LogP contribution is -2.30. The van der Waals surface area contributed by atoms with Gasteiger partial charge in [-0.05, 0) is 66.6 Å². The topological polar surface area (TPSA) is 15.3 Å². The van der Waals surface area contributed by atoms with Crippen molar-refractivity contribution in [1.82, 2.24) is 10.2 Å². The molecule has 0 aromatic carbocycles. The summed E-state index contributed by atoms with van der Waals surface area (Å²) in [5.41, 5.74) is 0. The third-order valence-corrected chi connectivity index (χ3v) is 3.41. The summed E-state index contributed by atoms with van der Waals surface area (Å²) in [6.45, 7) is 8.25. The molecule has 1 unspecified atom stereocenters. The van der Waals surface area contributed by atoms with Crippen LogP contribution in [0.25, 0.3) is 0 Å². The summed E-state index contributed by atoms with van der Waals surface area (Å²) in [6.07, 6.45) is -1.68. The lowest BCUT2D eigenvalue weighted by Gasteiger charge is -2.21. The van der Waals surface area contributed by atoms with Gasteiger partial charge in [0.2, 0.25) is 0 Å². The molecule has 0 aliphatic rings. The second kappa shape index (κ2) is 9.59.